The number of benzene rings is 2. The highest BCUT2D eigenvalue weighted by atomic mass is 32.2. The number of amides is 1. The van der Waals surface area contributed by atoms with E-state index in [2.05, 4.69) is 15.5 Å². The van der Waals surface area contributed by atoms with E-state index in [1.165, 1.54) is 61.1 Å². The number of pyridine rings is 1. The molecule has 10 nitrogen and oxygen atoms in total. The summed E-state index contributed by atoms with van der Waals surface area (Å²) in [4.78, 5) is 26.5. The average Bonchev–Trinajstić information content (AvgIpc) is 2.79. The number of sulfonamides is 1. The average molecular weight is 439 g/mol. The van der Waals surface area contributed by atoms with Crippen molar-refractivity contribution in [3.05, 3.63) is 94.8 Å². The largest absolute Gasteiger partial charge is 0.271 e. The third kappa shape index (κ3) is 5.48. The van der Waals surface area contributed by atoms with Crippen LogP contribution in [0.4, 0.5) is 11.4 Å². The zero-order chi connectivity index (χ0) is 22.3. The van der Waals surface area contributed by atoms with Gasteiger partial charge in [0.1, 0.15) is 6.54 Å². The lowest BCUT2D eigenvalue weighted by atomic mass is 10.2. The van der Waals surface area contributed by atoms with Crippen LogP contribution in [0.1, 0.15) is 5.56 Å². The van der Waals surface area contributed by atoms with Gasteiger partial charge in [0, 0.05) is 18.3 Å². The van der Waals surface area contributed by atoms with Crippen LogP contribution in [-0.4, -0.2) is 37.0 Å². The molecule has 0 aliphatic heterocycles. The standard InChI is InChI=1S/C20H17N5O5S/c26-20(23-22-13-16-8-10-17(11-9-16)25(27)28)15-24(18-5-4-12-21-14-18)31(29,30)19-6-2-1-3-7-19/h1-14H,15H2,(H,23,26)/b22-13-. The van der Waals surface area contributed by atoms with E-state index in [4.69, 9.17) is 0 Å². The molecule has 0 atom stereocenters. The van der Waals surface area contributed by atoms with Crippen LogP contribution in [0.5, 0.6) is 0 Å². The number of non-ortho nitro benzene ring substituents is 1. The van der Waals surface area contributed by atoms with Gasteiger partial charge in [-0.3, -0.25) is 24.2 Å². The van der Waals surface area contributed by atoms with Gasteiger partial charge in [-0.05, 0) is 42.0 Å². The molecule has 1 aromatic heterocycles. The Balaban J connectivity index is 1.75. The number of nitrogens with zero attached hydrogens (tertiary/aromatic N) is 4. The molecule has 2 aromatic carbocycles. The van der Waals surface area contributed by atoms with Crippen LogP contribution in [0.2, 0.25) is 0 Å². The molecule has 0 spiro atoms. The SMILES string of the molecule is O=C(CN(c1cccnc1)S(=O)(=O)c1ccccc1)N/N=C\c1ccc([N+](=O)[O-])cc1. The maximum Gasteiger partial charge on any atom is 0.269 e. The van der Waals surface area contributed by atoms with Crippen LogP contribution < -0.4 is 9.73 Å². The topological polar surface area (TPSA) is 135 Å². The first-order chi connectivity index (χ1) is 14.9. The Morgan fingerprint density at radius 1 is 1.10 bits per heavy atom. The minimum absolute atomic E-state index is 0.0287. The number of anilines is 1. The Kier molecular flexibility index (Phi) is 6.67. The van der Waals surface area contributed by atoms with Crippen molar-refractivity contribution < 1.29 is 18.1 Å². The van der Waals surface area contributed by atoms with Gasteiger partial charge in [0.15, 0.2) is 0 Å². The molecule has 3 rings (SSSR count). The van der Waals surface area contributed by atoms with Crippen LogP contribution in [-0.2, 0) is 14.8 Å². The summed E-state index contributed by atoms with van der Waals surface area (Å²) in [6.07, 6.45) is 4.13. The quantitative estimate of drug-likeness (QED) is 0.325. The fourth-order valence-electron chi connectivity index (χ4n) is 2.56. The van der Waals surface area contributed by atoms with Crippen LogP contribution in [0.15, 0.2) is 89.1 Å². The fourth-order valence-corrected chi connectivity index (χ4v) is 3.99. The molecule has 0 bridgehead atoms. The summed E-state index contributed by atoms with van der Waals surface area (Å²) in [6, 6.07) is 16.4. The van der Waals surface area contributed by atoms with Gasteiger partial charge in [-0.15, -0.1) is 0 Å². The lowest BCUT2D eigenvalue weighted by Gasteiger charge is -2.23. The summed E-state index contributed by atoms with van der Waals surface area (Å²) in [5, 5.41) is 14.5. The predicted molar refractivity (Wildman–Crippen MR) is 114 cm³/mol. The molecular formula is C20H17N5O5S. The zero-order valence-electron chi connectivity index (χ0n) is 16.0. The van der Waals surface area contributed by atoms with Crippen molar-refractivity contribution in [1.82, 2.24) is 10.4 Å². The smallest absolute Gasteiger partial charge is 0.269 e. The summed E-state index contributed by atoms with van der Waals surface area (Å²) >= 11 is 0. The molecule has 0 aliphatic rings. The van der Waals surface area contributed by atoms with Gasteiger partial charge >= 0.3 is 0 Å². The highest BCUT2D eigenvalue weighted by Crippen LogP contribution is 2.22. The maximum atomic E-state index is 13.1. The third-order valence-corrected chi connectivity index (χ3v) is 5.85. The van der Waals surface area contributed by atoms with Crippen LogP contribution in [0.25, 0.3) is 0 Å². The van der Waals surface area contributed by atoms with E-state index in [1.54, 1.807) is 24.3 Å². The number of hydrogen-bond acceptors (Lipinski definition) is 7. The maximum absolute atomic E-state index is 13.1. The molecular weight excluding hydrogens is 422 g/mol. The van der Waals surface area contributed by atoms with E-state index in [9.17, 15) is 23.3 Å². The Bertz CT molecular complexity index is 1180. The number of nitro groups is 1. The Labute approximate surface area is 178 Å². The lowest BCUT2D eigenvalue weighted by molar-refractivity contribution is -0.384. The number of aromatic nitrogens is 1. The number of nitro benzene ring substituents is 1. The van der Waals surface area contributed by atoms with Gasteiger partial charge in [0.05, 0.1) is 27.9 Å². The Hall–Kier alpha value is -4.12. The summed E-state index contributed by atoms with van der Waals surface area (Å²) < 4.78 is 27.1. The molecule has 0 radical (unpaired) electrons. The molecule has 3 aromatic rings. The Morgan fingerprint density at radius 2 is 1.81 bits per heavy atom. The molecule has 1 amide bonds. The molecule has 0 unspecified atom stereocenters. The second-order valence-corrected chi connectivity index (χ2v) is 8.04. The van der Waals surface area contributed by atoms with Gasteiger partial charge in [-0.1, -0.05) is 18.2 Å². The number of nitrogens with one attached hydrogen (secondary N) is 1. The summed E-state index contributed by atoms with van der Waals surface area (Å²) in [5.74, 6) is -0.679. The minimum atomic E-state index is -4.02. The molecule has 0 saturated heterocycles. The van der Waals surface area contributed by atoms with E-state index in [0.717, 1.165) is 4.31 Å². The first-order valence-corrected chi connectivity index (χ1v) is 10.4. The van der Waals surface area contributed by atoms with Crippen molar-refractivity contribution in [1.29, 1.82) is 0 Å². The van der Waals surface area contributed by atoms with Crippen molar-refractivity contribution in [3.63, 3.8) is 0 Å². The predicted octanol–water partition coefficient (Wildman–Crippen LogP) is 2.34. The van der Waals surface area contributed by atoms with Crippen molar-refractivity contribution in [2.24, 2.45) is 5.10 Å². The van der Waals surface area contributed by atoms with Crippen molar-refractivity contribution in [2.45, 2.75) is 4.90 Å². The molecule has 0 saturated carbocycles. The van der Waals surface area contributed by atoms with Gasteiger partial charge < -0.3 is 0 Å². The monoisotopic (exact) mass is 439 g/mol. The summed E-state index contributed by atoms with van der Waals surface area (Å²) in [6.45, 7) is -0.527. The normalized spacial score (nSPS) is 11.2. The van der Waals surface area contributed by atoms with Crippen molar-refractivity contribution >= 4 is 33.5 Å². The Morgan fingerprint density at radius 3 is 2.42 bits per heavy atom. The lowest BCUT2D eigenvalue weighted by Crippen LogP contribution is -2.39. The van der Waals surface area contributed by atoms with Gasteiger partial charge in [0.2, 0.25) is 0 Å². The molecule has 1 N–H and O–H groups in total. The summed E-state index contributed by atoms with van der Waals surface area (Å²) in [5.41, 5.74) is 2.94. The number of carbonyl (C=O) groups is 1. The number of carbonyl (C=O) groups excluding carboxylic acids is 1. The molecule has 158 valence electrons. The second-order valence-electron chi connectivity index (χ2n) is 6.18. The van der Waals surface area contributed by atoms with Gasteiger partial charge in [-0.2, -0.15) is 5.10 Å². The third-order valence-electron chi connectivity index (χ3n) is 4.06. The highest BCUT2D eigenvalue weighted by Gasteiger charge is 2.27. The van der Waals surface area contributed by atoms with Gasteiger partial charge in [0.25, 0.3) is 21.6 Å². The van der Waals surface area contributed by atoms with Crippen LogP contribution in [0, 0.1) is 10.1 Å². The zero-order valence-corrected chi connectivity index (χ0v) is 16.8. The highest BCUT2D eigenvalue weighted by molar-refractivity contribution is 7.92. The molecule has 1 heterocycles. The first kappa shape index (κ1) is 21.6. The van der Waals surface area contributed by atoms with E-state index in [1.807, 2.05) is 0 Å². The van der Waals surface area contributed by atoms with Gasteiger partial charge in [-0.25, -0.2) is 13.8 Å². The molecule has 11 heteroatoms. The summed E-state index contributed by atoms with van der Waals surface area (Å²) in [7, 11) is -4.02. The second kappa shape index (κ2) is 9.59. The van der Waals surface area contributed by atoms with Crippen molar-refractivity contribution in [3.8, 4) is 0 Å². The van der Waals surface area contributed by atoms with E-state index in [-0.39, 0.29) is 16.3 Å². The molecule has 0 fully saturated rings. The van der Waals surface area contributed by atoms with Crippen LogP contribution in [0.3, 0.4) is 0 Å². The minimum Gasteiger partial charge on any atom is -0.271 e. The van der Waals surface area contributed by atoms with Crippen LogP contribution >= 0.6 is 0 Å². The molecule has 31 heavy (non-hydrogen) atoms. The number of hydrogen-bond donors (Lipinski definition) is 1. The molecule has 0 aliphatic carbocycles. The van der Waals surface area contributed by atoms with E-state index in [0.29, 0.717) is 5.56 Å². The van der Waals surface area contributed by atoms with Crippen molar-refractivity contribution in [2.75, 3.05) is 10.8 Å². The number of hydrazone groups is 1. The number of rotatable bonds is 8. The first-order valence-electron chi connectivity index (χ1n) is 8.92. The van der Waals surface area contributed by atoms with E-state index >= 15 is 0 Å². The van der Waals surface area contributed by atoms with E-state index < -0.39 is 27.4 Å². The fraction of sp³-hybridized carbons (Fsp3) is 0.0500.